The molecule has 1 saturated heterocycles. The lowest BCUT2D eigenvalue weighted by Crippen LogP contribution is -2.35. The monoisotopic (exact) mass is 343 g/mol. The Bertz CT molecular complexity index is 422. The molecule has 1 atom stereocenters. The maximum atomic E-state index is 5.55. The maximum Gasteiger partial charge on any atom is 0.159 e. The summed E-state index contributed by atoms with van der Waals surface area (Å²) in [6.07, 6.45) is 1.65. The zero-order valence-corrected chi connectivity index (χ0v) is 13.6. The van der Waals surface area contributed by atoms with E-state index in [0.29, 0.717) is 19.3 Å². The fraction of sp³-hybridized carbons (Fsp3) is 0.600. The summed E-state index contributed by atoms with van der Waals surface area (Å²) in [6, 6.07) is 6.41. The summed E-state index contributed by atoms with van der Waals surface area (Å²) in [5.74, 6) is 0.921. The van der Waals surface area contributed by atoms with Gasteiger partial charge >= 0.3 is 0 Å². The maximum absolute atomic E-state index is 5.55. The number of nitrogens with one attached hydrogen (secondary N) is 1. The topological polar surface area (TPSA) is 39.7 Å². The van der Waals surface area contributed by atoms with Crippen molar-refractivity contribution >= 4 is 15.9 Å². The molecule has 0 bridgehead atoms. The fourth-order valence-electron chi connectivity index (χ4n) is 2.48. The van der Waals surface area contributed by atoms with E-state index < -0.39 is 0 Å². The Morgan fingerprint density at radius 3 is 2.80 bits per heavy atom. The van der Waals surface area contributed by atoms with Crippen molar-refractivity contribution < 1.29 is 14.2 Å². The summed E-state index contributed by atoms with van der Waals surface area (Å²) in [6.45, 7) is 4.43. The number of hydrogen-bond donors (Lipinski definition) is 1. The Hall–Kier alpha value is -0.620. The van der Waals surface area contributed by atoms with Gasteiger partial charge in [-0.05, 0) is 36.7 Å². The molecule has 1 N–H and O–H groups in total. The van der Waals surface area contributed by atoms with Crippen molar-refractivity contribution in [1.82, 2.24) is 5.32 Å². The number of benzene rings is 1. The molecule has 5 heteroatoms. The van der Waals surface area contributed by atoms with E-state index in [2.05, 4.69) is 34.2 Å². The summed E-state index contributed by atoms with van der Waals surface area (Å²) < 4.78 is 17.6. The van der Waals surface area contributed by atoms with Crippen LogP contribution in [0.4, 0.5) is 0 Å². The van der Waals surface area contributed by atoms with Gasteiger partial charge in [-0.15, -0.1) is 0 Å². The van der Waals surface area contributed by atoms with E-state index in [0.717, 1.165) is 29.6 Å². The molecular weight excluding hydrogens is 322 g/mol. The summed E-state index contributed by atoms with van der Waals surface area (Å²) in [5.41, 5.74) is 1.19. The number of ether oxygens (including phenoxy) is 3. The van der Waals surface area contributed by atoms with Gasteiger partial charge in [-0.25, -0.2) is 0 Å². The van der Waals surface area contributed by atoms with Crippen LogP contribution in [0.5, 0.6) is 5.75 Å². The van der Waals surface area contributed by atoms with Gasteiger partial charge < -0.3 is 19.5 Å². The molecule has 1 aromatic rings. The molecule has 1 aliphatic rings. The molecule has 0 radical (unpaired) electrons. The number of halogens is 1. The highest BCUT2D eigenvalue weighted by Crippen LogP contribution is 2.25. The summed E-state index contributed by atoms with van der Waals surface area (Å²) in [4.78, 5) is 0. The van der Waals surface area contributed by atoms with E-state index in [4.69, 9.17) is 14.2 Å². The van der Waals surface area contributed by atoms with Crippen LogP contribution in [0.1, 0.15) is 18.9 Å². The van der Waals surface area contributed by atoms with Crippen molar-refractivity contribution in [2.24, 2.45) is 0 Å². The predicted octanol–water partition coefficient (Wildman–Crippen LogP) is 2.74. The molecule has 20 heavy (non-hydrogen) atoms. The first-order valence-electron chi connectivity index (χ1n) is 7.02. The van der Waals surface area contributed by atoms with E-state index in [1.807, 2.05) is 12.1 Å². The second-order valence-corrected chi connectivity index (χ2v) is 5.74. The molecule has 112 valence electrons. The lowest BCUT2D eigenvalue weighted by Gasteiger charge is -2.22. The Morgan fingerprint density at radius 1 is 1.40 bits per heavy atom. The zero-order chi connectivity index (χ0) is 14.4. The Morgan fingerprint density at radius 2 is 2.15 bits per heavy atom. The number of hydrogen-bond acceptors (Lipinski definition) is 4. The Balaban J connectivity index is 2.04. The van der Waals surface area contributed by atoms with Crippen LogP contribution in [0.15, 0.2) is 22.7 Å². The van der Waals surface area contributed by atoms with E-state index in [9.17, 15) is 0 Å². The van der Waals surface area contributed by atoms with Gasteiger partial charge in [0, 0.05) is 16.9 Å². The predicted molar refractivity (Wildman–Crippen MR) is 82.2 cm³/mol. The molecule has 1 unspecified atom stereocenters. The quantitative estimate of drug-likeness (QED) is 0.826. The lowest BCUT2D eigenvalue weighted by molar-refractivity contribution is -0.0525. The van der Waals surface area contributed by atoms with Gasteiger partial charge in [0.2, 0.25) is 0 Å². The van der Waals surface area contributed by atoms with Crippen molar-refractivity contribution in [2.75, 3.05) is 26.9 Å². The van der Waals surface area contributed by atoms with Gasteiger partial charge in [-0.3, -0.25) is 0 Å². The minimum atomic E-state index is -0.0859. The minimum Gasteiger partial charge on any atom is -0.496 e. The van der Waals surface area contributed by atoms with Gasteiger partial charge in [0.1, 0.15) is 5.75 Å². The highest BCUT2D eigenvalue weighted by Gasteiger charge is 2.22. The fourth-order valence-corrected chi connectivity index (χ4v) is 2.88. The molecule has 0 saturated carbocycles. The van der Waals surface area contributed by atoms with Crippen molar-refractivity contribution in [3.63, 3.8) is 0 Å². The molecule has 0 aromatic heterocycles. The van der Waals surface area contributed by atoms with Gasteiger partial charge in [-0.1, -0.05) is 22.9 Å². The molecule has 0 aliphatic carbocycles. The number of likely N-dealkylation sites (N-methyl/N-ethyl adjacent to an activating group) is 1. The average Bonchev–Trinajstić information content (AvgIpc) is 2.92. The lowest BCUT2D eigenvalue weighted by atomic mass is 10.0. The van der Waals surface area contributed by atoms with Crippen molar-refractivity contribution in [2.45, 2.75) is 32.1 Å². The molecule has 1 aliphatic heterocycles. The minimum absolute atomic E-state index is 0.0859. The average molecular weight is 344 g/mol. The molecule has 2 rings (SSSR count). The van der Waals surface area contributed by atoms with E-state index in [1.165, 1.54) is 5.56 Å². The smallest absolute Gasteiger partial charge is 0.159 e. The van der Waals surface area contributed by atoms with Crippen LogP contribution in [0.2, 0.25) is 0 Å². The molecule has 0 spiro atoms. The molecule has 1 aromatic carbocycles. The summed E-state index contributed by atoms with van der Waals surface area (Å²) >= 11 is 3.52. The SMILES string of the molecule is CCNC(Cc1cc(Br)ccc1OC)CC1OCCO1. The summed E-state index contributed by atoms with van der Waals surface area (Å²) in [5, 5.41) is 3.50. The first-order valence-corrected chi connectivity index (χ1v) is 7.81. The van der Waals surface area contributed by atoms with Crippen LogP contribution in [-0.2, 0) is 15.9 Å². The highest BCUT2D eigenvalue weighted by atomic mass is 79.9. The first-order chi connectivity index (χ1) is 9.72. The normalized spacial score (nSPS) is 17.4. The second kappa shape index (κ2) is 7.98. The van der Waals surface area contributed by atoms with Crippen LogP contribution < -0.4 is 10.1 Å². The van der Waals surface area contributed by atoms with Crippen molar-refractivity contribution in [1.29, 1.82) is 0 Å². The Labute approximate surface area is 128 Å². The van der Waals surface area contributed by atoms with Crippen molar-refractivity contribution in [3.05, 3.63) is 28.2 Å². The third-order valence-corrected chi connectivity index (χ3v) is 3.86. The van der Waals surface area contributed by atoms with Crippen LogP contribution >= 0.6 is 15.9 Å². The number of rotatable bonds is 7. The van der Waals surface area contributed by atoms with Crippen molar-refractivity contribution in [3.8, 4) is 5.75 Å². The zero-order valence-electron chi connectivity index (χ0n) is 12.0. The molecule has 1 fully saturated rings. The summed E-state index contributed by atoms with van der Waals surface area (Å²) in [7, 11) is 1.71. The van der Waals surface area contributed by atoms with Crippen LogP contribution in [0, 0.1) is 0 Å². The molecule has 4 nitrogen and oxygen atoms in total. The Kier molecular flexibility index (Phi) is 6.29. The third kappa shape index (κ3) is 4.45. The second-order valence-electron chi connectivity index (χ2n) is 4.82. The van der Waals surface area contributed by atoms with E-state index >= 15 is 0 Å². The third-order valence-electron chi connectivity index (χ3n) is 3.37. The van der Waals surface area contributed by atoms with Gasteiger partial charge in [0.05, 0.1) is 20.3 Å². The first kappa shape index (κ1) is 15.8. The molecular formula is C15H22BrNO3. The van der Waals surface area contributed by atoms with Crippen LogP contribution in [0.3, 0.4) is 0 Å². The molecule has 0 amide bonds. The van der Waals surface area contributed by atoms with Crippen LogP contribution in [-0.4, -0.2) is 39.2 Å². The van der Waals surface area contributed by atoms with Gasteiger partial charge in [0.15, 0.2) is 6.29 Å². The van der Waals surface area contributed by atoms with Crippen LogP contribution in [0.25, 0.3) is 0 Å². The number of methoxy groups -OCH3 is 1. The van der Waals surface area contributed by atoms with Gasteiger partial charge in [0.25, 0.3) is 0 Å². The van der Waals surface area contributed by atoms with Gasteiger partial charge in [-0.2, -0.15) is 0 Å². The molecule has 1 heterocycles. The highest BCUT2D eigenvalue weighted by molar-refractivity contribution is 9.10. The van der Waals surface area contributed by atoms with E-state index in [1.54, 1.807) is 7.11 Å². The largest absolute Gasteiger partial charge is 0.496 e. The van der Waals surface area contributed by atoms with E-state index in [-0.39, 0.29) is 6.29 Å². The standard InChI is InChI=1S/C15H22BrNO3/c1-3-17-13(10-15-19-6-7-20-15)9-11-8-12(16)4-5-14(11)18-2/h4-5,8,13,15,17H,3,6-7,9-10H2,1-2H3.